The molecule has 0 amide bonds. The maximum Gasteiger partial charge on any atom is 0.231 e. The van der Waals surface area contributed by atoms with Crippen molar-refractivity contribution >= 4 is 17.2 Å². The van der Waals surface area contributed by atoms with Gasteiger partial charge >= 0.3 is 0 Å². The highest BCUT2D eigenvalue weighted by atomic mass is 16.7. The molecule has 0 spiro atoms. The molecule has 1 aliphatic carbocycles. The topological polar surface area (TPSA) is 59.6 Å². The number of allylic oxidation sites excluding steroid dienone is 1. The lowest BCUT2D eigenvalue weighted by Crippen LogP contribution is -2.36. The Morgan fingerprint density at radius 2 is 1.81 bits per heavy atom. The smallest absolute Gasteiger partial charge is 0.231 e. The van der Waals surface area contributed by atoms with Crippen molar-refractivity contribution in [2.24, 2.45) is 11.3 Å². The van der Waals surface area contributed by atoms with E-state index in [0.717, 1.165) is 34.1 Å². The third-order valence-corrected chi connectivity index (χ3v) is 5.46. The molecule has 0 bridgehead atoms. The van der Waals surface area contributed by atoms with Crippen LogP contribution in [-0.4, -0.2) is 12.6 Å². The molecule has 5 rings (SSSR count). The summed E-state index contributed by atoms with van der Waals surface area (Å²) in [5, 5.41) is 7.12. The molecule has 0 saturated heterocycles. The average molecular weight is 362 g/mol. The van der Waals surface area contributed by atoms with E-state index in [1.54, 1.807) is 0 Å². The summed E-state index contributed by atoms with van der Waals surface area (Å²) < 4.78 is 11.0. The summed E-state index contributed by atoms with van der Waals surface area (Å²) in [6.45, 7) is 4.45. The molecule has 2 atom stereocenters. The molecule has 2 aromatic carbocycles. The normalized spacial score (nSPS) is 24.7. The van der Waals surface area contributed by atoms with Gasteiger partial charge in [-0.2, -0.15) is 0 Å². The van der Waals surface area contributed by atoms with E-state index in [9.17, 15) is 4.79 Å². The van der Waals surface area contributed by atoms with Crippen molar-refractivity contribution in [1.82, 2.24) is 0 Å². The number of benzene rings is 2. The molecule has 0 fully saturated rings. The minimum Gasteiger partial charge on any atom is -0.454 e. The Morgan fingerprint density at radius 3 is 2.67 bits per heavy atom. The van der Waals surface area contributed by atoms with Crippen molar-refractivity contribution in [3.05, 3.63) is 59.8 Å². The SMILES string of the molecule is CC1(C)C=C2Nc3ccccc3NC(c3ccc4c(c3)OCO4)C2C(=O)C1. The first-order chi connectivity index (χ1) is 13.0. The van der Waals surface area contributed by atoms with Crippen LogP contribution in [0.25, 0.3) is 0 Å². The maximum atomic E-state index is 13.2. The number of ketones is 1. The first-order valence-electron chi connectivity index (χ1n) is 9.28. The van der Waals surface area contributed by atoms with Crippen LogP contribution in [0.1, 0.15) is 31.9 Å². The summed E-state index contributed by atoms with van der Waals surface area (Å²) in [4.78, 5) is 13.2. The third-order valence-electron chi connectivity index (χ3n) is 5.46. The molecule has 0 aromatic heterocycles. The molecule has 2 unspecified atom stereocenters. The van der Waals surface area contributed by atoms with E-state index in [1.165, 1.54) is 0 Å². The van der Waals surface area contributed by atoms with Crippen LogP contribution >= 0.6 is 0 Å². The average Bonchev–Trinajstić information content (AvgIpc) is 3.01. The summed E-state index contributed by atoms with van der Waals surface area (Å²) in [5.41, 5.74) is 3.80. The van der Waals surface area contributed by atoms with Crippen LogP contribution in [0.3, 0.4) is 0 Å². The molecular weight excluding hydrogens is 340 g/mol. The van der Waals surface area contributed by atoms with Crippen LogP contribution < -0.4 is 20.1 Å². The molecule has 2 aliphatic heterocycles. The molecule has 2 heterocycles. The van der Waals surface area contributed by atoms with Crippen molar-refractivity contribution in [2.45, 2.75) is 26.3 Å². The van der Waals surface area contributed by atoms with Crippen LogP contribution in [0, 0.1) is 11.3 Å². The van der Waals surface area contributed by atoms with Gasteiger partial charge in [-0.05, 0) is 35.2 Å². The quantitative estimate of drug-likeness (QED) is 0.783. The van der Waals surface area contributed by atoms with Gasteiger partial charge in [-0.1, -0.05) is 38.1 Å². The van der Waals surface area contributed by atoms with Gasteiger partial charge in [0.25, 0.3) is 0 Å². The number of fused-ring (bicyclic) bond motifs is 3. The maximum absolute atomic E-state index is 13.2. The predicted octanol–water partition coefficient (Wildman–Crippen LogP) is 4.49. The molecule has 5 nitrogen and oxygen atoms in total. The number of hydrogen-bond acceptors (Lipinski definition) is 5. The van der Waals surface area contributed by atoms with Crippen LogP contribution in [-0.2, 0) is 4.79 Å². The number of Topliss-reactive ketones (excluding diaryl/α,β-unsaturated/α-hetero) is 1. The summed E-state index contributed by atoms with van der Waals surface area (Å²) >= 11 is 0. The van der Waals surface area contributed by atoms with Gasteiger partial charge in [0, 0.05) is 12.1 Å². The monoisotopic (exact) mass is 362 g/mol. The molecule has 2 N–H and O–H groups in total. The highest BCUT2D eigenvalue weighted by Gasteiger charge is 2.41. The standard InChI is InChI=1S/C22H22N2O3/c1-22(2)10-16-20(17(25)11-22)21(24-15-6-4-3-5-14(15)23-16)13-7-8-18-19(9-13)27-12-26-18/h3-10,20-21,23-24H,11-12H2,1-2H3. The van der Waals surface area contributed by atoms with Gasteiger partial charge in [-0.15, -0.1) is 0 Å². The lowest BCUT2D eigenvalue weighted by atomic mass is 9.72. The van der Waals surface area contributed by atoms with Gasteiger partial charge in [0.05, 0.1) is 23.3 Å². The second-order valence-corrected chi connectivity index (χ2v) is 8.11. The number of ether oxygens (including phenoxy) is 2. The lowest BCUT2D eigenvalue weighted by Gasteiger charge is -2.35. The number of carbonyl (C=O) groups excluding carboxylic acids is 1. The molecule has 0 radical (unpaired) electrons. The van der Waals surface area contributed by atoms with Crippen LogP contribution in [0.5, 0.6) is 11.5 Å². The van der Waals surface area contributed by atoms with Crippen molar-refractivity contribution in [1.29, 1.82) is 0 Å². The van der Waals surface area contributed by atoms with E-state index in [1.807, 2.05) is 42.5 Å². The summed E-state index contributed by atoms with van der Waals surface area (Å²) in [7, 11) is 0. The predicted molar refractivity (Wildman–Crippen MR) is 104 cm³/mol. The first kappa shape index (κ1) is 16.2. The van der Waals surface area contributed by atoms with E-state index in [4.69, 9.17) is 9.47 Å². The molecule has 27 heavy (non-hydrogen) atoms. The van der Waals surface area contributed by atoms with Gasteiger partial charge in [0.15, 0.2) is 11.5 Å². The Kier molecular flexibility index (Phi) is 3.47. The van der Waals surface area contributed by atoms with E-state index < -0.39 is 0 Å². The Hall–Kier alpha value is -2.95. The highest BCUT2D eigenvalue weighted by molar-refractivity contribution is 5.90. The Morgan fingerprint density at radius 1 is 1.04 bits per heavy atom. The van der Waals surface area contributed by atoms with E-state index in [-0.39, 0.29) is 30.0 Å². The summed E-state index contributed by atoms with van der Waals surface area (Å²) in [6.07, 6.45) is 2.74. The van der Waals surface area contributed by atoms with Crippen molar-refractivity contribution in [3.8, 4) is 11.5 Å². The van der Waals surface area contributed by atoms with E-state index in [0.29, 0.717) is 6.42 Å². The van der Waals surface area contributed by atoms with Crippen molar-refractivity contribution < 1.29 is 14.3 Å². The minimum atomic E-state index is -0.272. The molecule has 3 aliphatic rings. The van der Waals surface area contributed by atoms with Crippen LogP contribution in [0.4, 0.5) is 11.4 Å². The number of hydrogen-bond donors (Lipinski definition) is 2. The Bertz CT molecular complexity index is 964. The van der Waals surface area contributed by atoms with Crippen molar-refractivity contribution in [2.75, 3.05) is 17.4 Å². The lowest BCUT2D eigenvalue weighted by molar-refractivity contribution is -0.124. The van der Waals surface area contributed by atoms with E-state index in [2.05, 4.69) is 30.6 Å². The van der Waals surface area contributed by atoms with Gasteiger partial charge in [0.2, 0.25) is 6.79 Å². The molecule has 2 aromatic rings. The van der Waals surface area contributed by atoms with Crippen LogP contribution in [0.2, 0.25) is 0 Å². The molecular formula is C22H22N2O3. The Labute approximate surface area is 158 Å². The van der Waals surface area contributed by atoms with Gasteiger partial charge < -0.3 is 20.1 Å². The van der Waals surface area contributed by atoms with Crippen molar-refractivity contribution in [3.63, 3.8) is 0 Å². The first-order valence-corrected chi connectivity index (χ1v) is 9.28. The zero-order valence-electron chi connectivity index (χ0n) is 15.4. The van der Waals surface area contributed by atoms with E-state index >= 15 is 0 Å². The summed E-state index contributed by atoms with van der Waals surface area (Å²) in [6, 6.07) is 13.8. The number of rotatable bonds is 1. The highest BCUT2D eigenvalue weighted by Crippen LogP contribution is 2.46. The third kappa shape index (κ3) is 2.74. The zero-order valence-corrected chi connectivity index (χ0v) is 15.4. The zero-order chi connectivity index (χ0) is 18.6. The number of anilines is 2. The minimum absolute atomic E-state index is 0.158. The molecule has 0 saturated carbocycles. The number of carbonyl (C=O) groups is 1. The van der Waals surface area contributed by atoms with Gasteiger partial charge in [-0.3, -0.25) is 4.79 Å². The second-order valence-electron chi connectivity index (χ2n) is 8.11. The molecule has 138 valence electrons. The second kappa shape index (κ2) is 5.78. The number of nitrogens with one attached hydrogen (secondary N) is 2. The largest absolute Gasteiger partial charge is 0.454 e. The fourth-order valence-corrected chi connectivity index (χ4v) is 4.28. The molecule has 5 heteroatoms. The fourth-order valence-electron chi connectivity index (χ4n) is 4.28. The fraction of sp³-hybridized carbons (Fsp3) is 0.318. The van der Waals surface area contributed by atoms with Crippen LogP contribution in [0.15, 0.2) is 54.2 Å². The van der Waals surface area contributed by atoms with Gasteiger partial charge in [0.1, 0.15) is 5.78 Å². The van der Waals surface area contributed by atoms with Gasteiger partial charge in [-0.25, -0.2) is 0 Å². The Balaban J connectivity index is 1.65. The number of para-hydroxylation sites is 2. The summed E-state index contributed by atoms with van der Waals surface area (Å²) in [5.74, 6) is 1.45.